The van der Waals surface area contributed by atoms with Crippen molar-refractivity contribution in [2.45, 2.75) is 17.7 Å². The first-order chi connectivity index (χ1) is 15.1. The molecule has 4 aromatic rings. The second-order valence-corrected chi connectivity index (χ2v) is 8.44. The maximum Gasteiger partial charge on any atom is 0.249 e. The summed E-state index contributed by atoms with van der Waals surface area (Å²) in [6, 6.07) is 18.8. The lowest BCUT2D eigenvalue weighted by molar-refractivity contribution is -0.117. The predicted octanol–water partition coefficient (Wildman–Crippen LogP) is 4.02. The summed E-state index contributed by atoms with van der Waals surface area (Å²) in [7, 11) is -1.71. The fraction of sp³-hybridized carbons (Fsp3) is 0.136. The van der Waals surface area contributed by atoms with Gasteiger partial charge in [0.15, 0.2) is 16.6 Å². The van der Waals surface area contributed by atoms with Crippen LogP contribution in [-0.4, -0.2) is 24.7 Å². The minimum Gasteiger partial charge on any atom is -0.301 e. The van der Waals surface area contributed by atoms with E-state index in [0.29, 0.717) is 11.3 Å². The summed E-state index contributed by atoms with van der Waals surface area (Å²) in [5, 5.41) is 7.19. The lowest BCUT2D eigenvalue weighted by atomic mass is 10.1. The Morgan fingerprint density at radius 3 is 2.55 bits per heavy atom. The summed E-state index contributed by atoms with van der Waals surface area (Å²) >= 11 is 0. The number of fused-ring (bicyclic) bond motifs is 1. The van der Waals surface area contributed by atoms with E-state index < -0.39 is 16.8 Å². The number of hydrogen-bond donors (Lipinski definition) is 2. The quantitative estimate of drug-likeness (QED) is 0.479. The van der Waals surface area contributed by atoms with E-state index in [-0.39, 0.29) is 22.7 Å². The van der Waals surface area contributed by atoms with Crippen molar-refractivity contribution < 1.29 is 13.4 Å². The molecule has 2 aromatic heterocycles. The van der Waals surface area contributed by atoms with Crippen molar-refractivity contribution in [3.8, 4) is 11.3 Å². The third kappa shape index (κ3) is 4.04. The van der Waals surface area contributed by atoms with Crippen molar-refractivity contribution in [3.05, 3.63) is 72.5 Å². The van der Waals surface area contributed by atoms with Crippen LogP contribution < -0.4 is 10.0 Å². The molecular formula is C22H18FN5O2S. The molecule has 31 heavy (non-hydrogen) atoms. The second-order valence-electron chi connectivity index (χ2n) is 7.26. The van der Waals surface area contributed by atoms with Crippen LogP contribution in [0.4, 0.5) is 16.0 Å². The van der Waals surface area contributed by atoms with Gasteiger partial charge in [-0.2, -0.15) is 4.98 Å². The van der Waals surface area contributed by atoms with E-state index >= 15 is 0 Å². The van der Waals surface area contributed by atoms with Crippen LogP contribution in [0.2, 0.25) is 0 Å². The number of anilines is 2. The fourth-order valence-electron chi connectivity index (χ4n) is 3.20. The minimum atomic E-state index is -1.71. The Bertz CT molecular complexity index is 1300. The fourth-order valence-corrected chi connectivity index (χ4v) is 4.11. The van der Waals surface area contributed by atoms with Crippen LogP contribution >= 0.6 is 0 Å². The van der Waals surface area contributed by atoms with Gasteiger partial charge in [-0.3, -0.25) is 10.1 Å². The third-order valence-electron chi connectivity index (χ3n) is 4.97. The zero-order chi connectivity index (χ0) is 21.4. The maximum atomic E-state index is 13.8. The molecule has 1 fully saturated rings. The number of amides is 1. The Balaban J connectivity index is 1.37. The van der Waals surface area contributed by atoms with Crippen LogP contribution in [0.5, 0.6) is 0 Å². The Morgan fingerprint density at radius 1 is 1.03 bits per heavy atom. The molecule has 2 aromatic carbocycles. The van der Waals surface area contributed by atoms with Gasteiger partial charge in [-0.25, -0.2) is 13.1 Å². The Kier molecular flexibility index (Phi) is 4.95. The normalized spacial score (nSPS) is 14.4. The van der Waals surface area contributed by atoms with E-state index in [0.717, 1.165) is 24.1 Å². The van der Waals surface area contributed by atoms with Crippen LogP contribution in [0.3, 0.4) is 0 Å². The van der Waals surface area contributed by atoms with Crippen LogP contribution in [0.15, 0.2) is 71.6 Å². The van der Waals surface area contributed by atoms with Gasteiger partial charge >= 0.3 is 0 Å². The first kappa shape index (κ1) is 19.4. The van der Waals surface area contributed by atoms with Crippen molar-refractivity contribution in [1.29, 1.82) is 0 Å². The zero-order valence-electron chi connectivity index (χ0n) is 16.3. The van der Waals surface area contributed by atoms with Gasteiger partial charge in [-0.05, 0) is 49.2 Å². The van der Waals surface area contributed by atoms with Gasteiger partial charge in [-0.15, -0.1) is 5.10 Å². The molecule has 0 saturated heterocycles. The van der Waals surface area contributed by atoms with Crippen molar-refractivity contribution in [2.24, 2.45) is 5.92 Å². The first-order valence-electron chi connectivity index (χ1n) is 9.78. The Morgan fingerprint density at radius 2 is 1.81 bits per heavy atom. The summed E-state index contributed by atoms with van der Waals surface area (Å²) in [5.74, 6) is -0.216. The molecule has 9 heteroatoms. The smallest absolute Gasteiger partial charge is 0.249 e. The number of rotatable bonds is 6. The third-order valence-corrected chi connectivity index (χ3v) is 6.12. The van der Waals surface area contributed by atoms with E-state index in [1.807, 2.05) is 30.3 Å². The van der Waals surface area contributed by atoms with Gasteiger partial charge in [-0.1, -0.05) is 30.3 Å². The van der Waals surface area contributed by atoms with Crippen LogP contribution in [0, 0.1) is 11.7 Å². The van der Waals surface area contributed by atoms with Crippen molar-refractivity contribution >= 4 is 34.2 Å². The Labute approximate surface area is 179 Å². The van der Waals surface area contributed by atoms with E-state index in [4.69, 9.17) is 0 Å². The number of nitrogens with one attached hydrogen (secondary N) is 2. The lowest BCUT2D eigenvalue weighted by Gasteiger charge is -2.09. The maximum absolute atomic E-state index is 13.8. The molecule has 0 radical (unpaired) electrons. The van der Waals surface area contributed by atoms with Gasteiger partial charge in [0.2, 0.25) is 11.9 Å². The molecule has 7 nitrogen and oxygen atoms in total. The predicted molar refractivity (Wildman–Crippen MR) is 116 cm³/mol. The molecule has 1 amide bonds. The number of pyridine rings is 1. The highest BCUT2D eigenvalue weighted by Gasteiger charge is 2.30. The molecule has 1 saturated carbocycles. The summed E-state index contributed by atoms with van der Waals surface area (Å²) in [6.45, 7) is 0. The highest BCUT2D eigenvalue weighted by atomic mass is 32.2. The van der Waals surface area contributed by atoms with Crippen LogP contribution in [0.1, 0.15) is 12.8 Å². The van der Waals surface area contributed by atoms with Gasteiger partial charge < -0.3 is 4.72 Å². The molecule has 2 heterocycles. The molecule has 2 N–H and O–H groups in total. The van der Waals surface area contributed by atoms with Crippen molar-refractivity contribution in [3.63, 3.8) is 0 Å². The molecule has 1 unspecified atom stereocenters. The highest BCUT2D eigenvalue weighted by Crippen LogP contribution is 2.30. The second kappa shape index (κ2) is 7.92. The van der Waals surface area contributed by atoms with Gasteiger partial charge in [0.05, 0.1) is 10.6 Å². The average Bonchev–Trinajstić information content (AvgIpc) is 3.54. The largest absolute Gasteiger partial charge is 0.301 e. The molecule has 5 rings (SSSR count). The van der Waals surface area contributed by atoms with Gasteiger partial charge in [0.25, 0.3) is 0 Å². The van der Waals surface area contributed by atoms with Crippen LogP contribution in [0.25, 0.3) is 16.9 Å². The summed E-state index contributed by atoms with van der Waals surface area (Å²) in [4.78, 5) is 16.5. The lowest BCUT2D eigenvalue weighted by Crippen LogP contribution is -2.14. The SMILES string of the molecule is O=C(Nc1nc2cccc(-c3ccc(NS(=O)c4ccccc4F)cc3)n2n1)C1CC1. The number of nitrogens with zero attached hydrogens (tertiary/aromatic N) is 3. The monoisotopic (exact) mass is 435 g/mol. The molecule has 0 aliphatic heterocycles. The molecule has 1 atom stereocenters. The number of benzene rings is 2. The number of carbonyl (C=O) groups is 1. The van der Waals surface area contributed by atoms with Crippen molar-refractivity contribution in [1.82, 2.24) is 14.6 Å². The summed E-state index contributed by atoms with van der Waals surface area (Å²) in [5.41, 5.74) is 2.86. The standard InChI is InChI=1S/C22H18FN5O2S/c23-17-4-1-2-6-19(17)31(30)27-16-12-10-14(11-13-16)18-5-3-7-20-24-22(26-28(18)20)25-21(29)15-8-9-15/h1-7,10-13,15,27H,8-9H2,(H,25,26,29). The first-order valence-corrected chi connectivity index (χ1v) is 10.9. The molecule has 1 aliphatic carbocycles. The molecule has 0 bridgehead atoms. The molecule has 156 valence electrons. The van der Waals surface area contributed by atoms with E-state index in [1.54, 1.807) is 28.8 Å². The van der Waals surface area contributed by atoms with Gasteiger partial charge in [0.1, 0.15) is 5.82 Å². The van der Waals surface area contributed by atoms with E-state index in [1.165, 1.54) is 12.1 Å². The number of halogens is 1. The topological polar surface area (TPSA) is 88.4 Å². The summed E-state index contributed by atoms with van der Waals surface area (Å²) in [6.07, 6.45) is 1.82. The highest BCUT2D eigenvalue weighted by molar-refractivity contribution is 7.86. The summed E-state index contributed by atoms with van der Waals surface area (Å²) < 4.78 is 30.7. The zero-order valence-corrected chi connectivity index (χ0v) is 17.1. The minimum absolute atomic E-state index is 0.0456. The number of hydrogen-bond acceptors (Lipinski definition) is 4. The van der Waals surface area contributed by atoms with Gasteiger partial charge in [0, 0.05) is 17.2 Å². The number of carbonyl (C=O) groups excluding carboxylic acids is 1. The van der Waals surface area contributed by atoms with E-state index in [9.17, 15) is 13.4 Å². The molecule has 0 spiro atoms. The number of aromatic nitrogens is 3. The van der Waals surface area contributed by atoms with Crippen molar-refractivity contribution in [2.75, 3.05) is 10.0 Å². The molecular weight excluding hydrogens is 417 g/mol. The van der Waals surface area contributed by atoms with Crippen LogP contribution in [-0.2, 0) is 15.8 Å². The Hall–Kier alpha value is -3.59. The molecule has 1 aliphatic rings. The van der Waals surface area contributed by atoms with E-state index in [2.05, 4.69) is 20.1 Å². The average molecular weight is 435 g/mol.